The molecule has 2 fully saturated rings. The van der Waals surface area contributed by atoms with Crippen LogP contribution in [0, 0.1) is 0 Å². The lowest BCUT2D eigenvalue weighted by Crippen LogP contribution is -2.43. The van der Waals surface area contributed by atoms with Crippen molar-refractivity contribution in [2.24, 2.45) is 7.05 Å². The fourth-order valence-electron chi connectivity index (χ4n) is 4.87. The van der Waals surface area contributed by atoms with E-state index in [1.165, 1.54) is 25.7 Å². The number of pyridine rings is 1. The van der Waals surface area contributed by atoms with E-state index in [4.69, 9.17) is 4.74 Å². The van der Waals surface area contributed by atoms with Crippen LogP contribution in [0.4, 0.5) is 0 Å². The van der Waals surface area contributed by atoms with Crippen molar-refractivity contribution in [3.63, 3.8) is 0 Å². The van der Waals surface area contributed by atoms with Gasteiger partial charge in [-0.05, 0) is 62.1 Å². The summed E-state index contributed by atoms with van der Waals surface area (Å²) in [5, 5.41) is 0.535. The summed E-state index contributed by atoms with van der Waals surface area (Å²) in [6, 6.07) is 12.2. The van der Waals surface area contributed by atoms with Gasteiger partial charge in [-0.1, -0.05) is 12.8 Å². The predicted octanol–water partition coefficient (Wildman–Crippen LogP) is 3.78. The van der Waals surface area contributed by atoms with E-state index < -0.39 is 0 Å². The third kappa shape index (κ3) is 3.72. The zero-order valence-electron chi connectivity index (χ0n) is 17.5. The van der Waals surface area contributed by atoms with Crippen molar-refractivity contribution >= 4 is 11.0 Å². The lowest BCUT2D eigenvalue weighted by atomic mass is 10.0. The molecule has 3 heterocycles. The lowest BCUT2D eigenvalue weighted by molar-refractivity contribution is 0.0768. The van der Waals surface area contributed by atoms with Gasteiger partial charge in [0.15, 0.2) is 5.65 Å². The molecule has 6 heteroatoms. The third-order valence-corrected chi connectivity index (χ3v) is 6.58. The van der Waals surface area contributed by atoms with Crippen LogP contribution in [0.25, 0.3) is 22.4 Å². The number of hydrogen-bond acceptors (Lipinski definition) is 5. The molecule has 1 saturated carbocycles. The number of piperidine rings is 1. The molecule has 0 spiro atoms. The highest BCUT2D eigenvalue weighted by atomic mass is 16.5. The first kappa shape index (κ1) is 19.2. The molecular formula is C24H28N4O2. The predicted molar refractivity (Wildman–Crippen MR) is 118 cm³/mol. The molecule has 1 aromatic carbocycles. The van der Waals surface area contributed by atoms with Crippen LogP contribution >= 0.6 is 0 Å². The maximum absolute atomic E-state index is 12.6. The highest BCUT2D eigenvalue weighted by Crippen LogP contribution is 2.28. The summed E-state index contributed by atoms with van der Waals surface area (Å²) in [7, 11) is 1.75. The minimum Gasteiger partial charge on any atom is -0.490 e. The lowest BCUT2D eigenvalue weighted by Gasteiger charge is -2.36. The molecule has 3 aromatic rings. The largest absolute Gasteiger partial charge is 0.490 e. The van der Waals surface area contributed by atoms with Gasteiger partial charge in [0.1, 0.15) is 17.7 Å². The van der Waals surface area contributed by atoms with Crippen molar-refractivity contribution in [2.75, 3.05) is 13.1 Å². The third-order valence-electron chi connectivity index (χ3n) is 6.58. The maximum atomic E-state index is 12.6. The van der Waals surface area contributed by atoms with Crippen molar-refractivity contribution in [3.8, 4) is 17.1 Å². The van der Waals surface area contributed by atoms with Gasteiger partial charge < -0.3 is 9.64 Å². The highest BCUT2D eigenvalue weighted by molar-refractivity contribution is 5.75. The van der Waals surface area contributed by atoms with Gasteiger partial charge in [-0.15, -0.1) is 0 Å². The quantitative estimate of drug-likeness (QED) is 0.662. The number of hydrogen-bond donors (Lipinski definition) is 0. The number of fused-ring (bicyclic) bond motifs is 1. The fourth-order valence-corrected chi connectivity index (χ4v) is 4.87. The summed E-state index contributed by atoms with van der Waals surface area (Å²) in [6.07, 6.45) is 9.63. The van der Waals surface area contributed by atoms with Gasteiger partial charge in [-0.25, -0.2) is 9.97 Å². The Morgan fingerprint density at radius 1 is 1.00 bits per heavy atom. The molecule has 2 aliphatic rings. The van der Waals surface area contributed by atoms with Crippen LogP contribution in [0.3, 0.4) is 0 Å². The van der Waals surface area contributed by atoms with Crippen LogP contribution < -0.4 is 10.3 Å². The summed E-state index contributed by atoms with van der Waals surface area (Å²) < 4.78 is 7.84. The molecule has 0 amide bonds. The fraction of sp³-hybridized carbons (Fsp3) is 0.458. The molecule has 6 nitrogen and oxygen atoms in total. The number of likely N-dealkylation sites (tertiary alicyclic amines) is 1. The average Bonchev–Trinajstić information content (AvgIpc) is 3.32. The maximum Gasteiger partial charge on any atom is 0.263 e. The zero-order chi connectivity index (χ0) is 20.5. The Balaban J connectivity index is 1.28. The second kappa shape index (κ2) is 8.19. The van der Waals surface area contributed by atoms with Crippen molar-refractivity contribution in [3.05, 3.63) is 52.9 Å². The van der Waals surface area contributed by atoms with Crippen LogP contribution in [0.15, 0.2) is 47.4 Å². The van der Waals surface area contributed by atoms with E-state index in [0.717, 1.165) is 43.3 Å². The summed E-state index contributed by atoms with van der Waals surface area (Å²) in [6.45, 7) is 2.28. The van der Waals surface area contributed by atoms with E-state index in [9.17, 15) is 4.79 Å². The smallest absolute Gasteiger partial charge is 0.263 e. The second-order valence-corrected chi connectivity index (χ2v) is 8.49. The molecule has 156 valence electrons. The Hall–Kier alpha value is -2.73. The van der Waals surface area contributed by atoms with Gasteiger partial charge in [0.25, 0.3) is 5.56 Å². The molecule has 1 aliphatic carbocycles. The number of aromatic nitrogens is 3. The summed E-state index contributed by atoms with van der Waals surface area (Å²) in [5.41, 5.74) is 1.27. The molecule has 30 heavy (non-hydrogen) atoms. The highest BCUT2D eigenvalue weighted by Gasteiger charge is 2.27. The zero-order valence-corrected chi connectivity index (χ0v) is 17.5. The summed E-state index contributed by atoms with van der Waals surface area (Å²) in [4.78, 5) is 24.1. The SMILES string of the molecule is Cn1c(-c2ccc(OC3CCN(C4CCCC4)CC3)cc2)nc2ncccc2c1=O. The van der Waals surface area contributed by atoms with E-state index in [-0.39, 0.29) is 11.7 Å². The van der Waals surface area contributed by atoms with Gasteiger partial charge in [-0.3, -0.25) is 9.36 Å². The Morgan fingerprint density at radius 2 is 1.73 bits per heavy atom. The van der Waals surface area contributed by atoms with Crippen LogP contribution in [0.1, 0.15) is 38.5 Å². The molecule has 0 bridgehead atoms. The Morgan fingerprint density at radius 3 is 2.47 bits per heavy atom. The number of ether oxygens (including phenoxy) is 1. The van der Waals surface area contributed by atoms with Crippen molar-refractivity contribution < 1.29 is 4.74 Å². The molecule has 0 radical (unpaired) electrons. The Labute approximate surface area is 176 Å². The Bertz CT molecular complexity index is 1080. The van der Waals surface area contributed by atoms with Crippen LogP contribution in [-0.2, 0) is 7.05 Å². The standard InChI is InChI=1S/C24H28N4O2/c1-27-23(26-22-21(24(27)29)7-4-14-25-22)17-8-10-19(11-9-17)30-20-12-15-28(16-13-20)18-5-2-3-6-18/h4,7-11,14,18,20H,2-3,5-6,12-13,15-16H2,1H3. The molecule has 1 saturated heterocycles. The minimum absolute atomic E-state index is 0.0857. The first-order valence-corrected chi connectivity index (χ1v) is 11.0. The number of benzene rings is 1. The van der Waals surface area contributed by atoms with Gasteiger partial charge >= 0.3 is 0 Å². The van der Waals surface area contributed by atoms with Crippen LogP contribution in [0.2, 0.25) is 0 Å². The van der Waals surface area contributed by atoms with Crippen LogP contribution in [0.5, 0.6) is 5.75 Å². The normalized spacial score (nSPS) is 18.8. The second-order valence-electron chi connectivity index (χ2n) is 8.49. The Kier molecular flexibility index (Phi) is 5.25. The van der Waals surface area contributed by atoms with E-state index >= 15 is 0 Å². The molecule has 2 aromatic heterocycles. The summed E-state index contributed by atoms with van der Waals surface area (Å²) >= 11 is 0. The molecular weight excluding hydrogens is 376 g/mol. The minimum atomic E-state index is -0.0857. The first-order chi connectivity index (χ1) is 14.7. The summed E-state index contributed by atoms with van der Waals surface area (Å²) in [5.74, 6) is 1.49. The van der Waals surface area contributed by atoms with E-state index in [1.807, 2.05) is 24.3 Å². The number of nitrogens with zero attached hydrogens (tertiary/aromatic N) is 4. The van der Waals surface area contributed by atoms with E-state index in [1.54, 1.807) is 29.9 Å². The average molecular weight is 405 g/mol. The van der Waals surface area contributed by atoms with Crippen molar-refractivity contribution in [1.82, 2.24) is 19.4 Å². The molecule has 1 aliphatic heterocycles. The monoisotopic (exact) mass is 404 g/mol. The molecule has 0 N–H and O–H groups in total. The van der Waals surface area contributed by atoms with Crippen molar-refractivity contribution in [1.29, 1.82) is 0 Å². The van der Waals surface area contributed by atoms with Crippen molar-refractivity contribution in [2.45, 2.75) is 50.7 Å². The van der Waals surface area contributed by atoms with Gasteiger partial charge in [0.2, 0.25) is 0 Å². The molecule has 0 atom stereocenters. The van der Waals surface area contributed by atoms with Gasteiger partial charge in [0.05, 0.1) is 5.39 Å². The first-order valence-electron chi connectivity index (χ1n) is 11.0. The van der Waals surface area contributed by atoms with Crippen LogP contribution in [-0.4, -0.2) is 44.7 Å². The van der Waals surface area contributed by atoms with Gasteiger partial charge in [0, 0.05) is 37.9 Å². The van der Waals surface area contributed by atoms with Gasteiger partial charge in [-0.2, -0.15) is 0 Å². The number of rotatable bonds is 4. The molecule has 0 unspecified atom stereocenters. The molecule has 5 rings (SSSR count). The van der Waals surface area contributed by atoms with E-state index in [0.29, 0.717) is 16.9 Å². The topological polar surface area (TPSA) is 60.2 Å². The van der Waals surface area contributed by atoms with E-state index in [2.05, 4.69) is 14.9 Å².